The smallest absolute Gasteiger partial charge is 0.264 e. The van der Waals surface area contributed by atoms with Gasteiger partial charge in [0.15, 0.2) is 0 Å². The van der Waals surface area contributed by atoms with E-state index in [9.17, 15) is 8.42 Å². The van der Waals surface area contributed by atoms with Gasteiger partial charge < -0.3 is 0 Å². The lowest BCUT2D eigenvalue weighted by molar-refractivity contribution is 0.601. The molecule has 0 aliphatic carbocycles. The van der Waals surface area contributed by atoms with Crippen LogP contribution in [-0.2, 0) is 10.0 Å². The molecule has 0 aliphatic rings. The molecule has 0 amide bonds. The lowest BCUT2D eigenvalue weighted by Crippen LogP contribution is -2.13. The number of benzene rings is 1. The van der Waals surface area contributed by atoms with Gasteiger partial charge in [-0.25, -0.2) is 13.4 Å². The standard InChI is InChI=1S/C11H8Cl2N2O2S/c12-8-3-1-4-9(7-8)15-18(16,17)10-5-2-6-14-11(10)13/h1-7,15H. The van der Waals surface area contributed by atoms with Crippen molar-refractivity contribution in [3.8, 4) is 0 Å². The molecule has 18 heavy (non-hydrogen) atoms. The number of hydrogen-bond donors (Lipinski definition) is 1. The summed E-state index contributed by atoms with van der Waals surface area (Å²) >= 11 is 11.5. The summed E-state index contributed by atoms with van der Waals surface area (Å²) in [5.74, 6) is 0. The van der Waals surface area contributed by atoms with Crippen LogP contribution in [0.4, 0.5) is 5.69 Å². The van der Waals surface area contributed by atoms with Crippen LogP contribution < -0.4 is 4.72 Å². The summed E-state index contributed by atoms with van der Waals surface area (Å²) in [6.45, 7) is 0. The molecule has 0 atom stereocenters. The molecule has 0 spiro atoms. The van der Waals surface area contributed by atoms with Crippen molar-refractivity contribution in [1.29, 1.82) is 0 Å². The van der Waals surface area contributed by atoms with Gasteiger partial charge in [-0.15, -0.1) is 0 Å². The van der Waals surface area contributed by atoms with E-state index in [1.807, 2.05) is 0 Å². The molecule has 0 saturated carbocycles. The molecule has 0 aliphatic heterocycles. The average molecular weight is 303 g/mol. The molecule has 0 radical (unpaired) electrons. The van der Waals surface area contributed by atoms with E-state index in [1.54, 1.807) is 18.2 Å². The van der Waals surface area contributed by atoms with Crippen molar-refractivity contribution >= 4 is 38.9 Å². The summed E-state index contributed by atoms with van der Waals surface area (Å²) in [5.41, 5.74) is 0.363. The molecular formula is C11H8Cl2N2O2S. The summed E-state index contributed by atoms with van der Waals surface area (Å²) in [5, 5.41) is 0.361. The first-order valence-corrected chi connectivity index (χ1v) is 7.12. The Balaban J connectivity index is 2.37. The second-order valence-corrected chi connectivity index (χ2v) is 5.85. The quantitative estimate of drug-likeness (QED) is 0.886. The van der Waals surface area contributed by atoms with Gasteiger partial charge in [0.2, 0.25) is 0 Å². The maximum absolute atomic E-state index is 12.1. The monoisotopic (exact) mass is 302 g/mol. The number of hydrogen-bond acceptors (Lipinski definition) is 3. The fourth-order valence-electron chi connectivity index (χ4n) is 1.33. The zero-order valence-electron chi connectivity index (χ0n) is 8.97. The predicted octanol–water partition coefficient (Wildman–Crippen LogP) is 3.19. The highest BCUT2D eigenvalue weighted by atomic mass is 35.5. The molecule has 2 aromatic rings. The van der Waals surface area contributed by atoms with Crippen LogP contribution >= 0.6 is 23.2 Å². The van der Waals surface area contributed by atoms with Gasteiger partial charge in [-0.2, -0.15) is 0 Å². The van der Waals surface area contributed by atoms with Crippen LogP contribution in [0.15, 0.2) is 47.5 Å². The second-order valence-electron chi connectivity index (χ2n) is 3.41. The first kappa shape index (κ1) is 13.1. The van der Waals surface area contributed by atoms with Crippen molar-refractivity contribution in [1.82, 2.24) is 4.98 Å². The molecule has 0 unspecified atom stereocenters. The third-order valence-electron chi connectivity index (χ3n) is 2.09. The van der Waals surface area contributed by atoms with E-state index in [2.05, 4.69) is 9.71 Å². The Bertz CT molecular complexity index is 674. The van der Waals surface area contributed by atoms with Gasteiger partial charge in [0.25, 0.3) is 10.0 Å². The minimum Gasteiger partial charge on any atom is -0.279 e. The molecule has 1 aromatic carbocycles. The van der Waals surface area contributed by atoms with E-state index in [-0.39, 0.29) is 10.0 Å². The summed E-state index contributed by atoms with van der Waals surface area (Å²) in [6.07, 6.45) is 1.42. The Morgan fingerprint density at radius 2 is 1.89 bits per heavy atom. The molecule has 4 nitrogen and oxygen atoms in total. The number of nitrogens with zero attached hydrogens (tertiary/aromatic N) is 1. The molecule has 2 rings (SSSR count). The molecule has 1 aromatic heterocycles. The van der Waals surface area contributed by atoms with Gasteiger partial charge >= 0.3 is 0 Å². The number of anilines is 1. The van der Waals surface area contributed by atoms with E-state index < -0.39 is 10.0 Å². The van der Waals surface area contributed by atoms with Gasteiger partial charge in [0.05, 0.1) is 5.69 Å². The molecule has 1 heterocycles. The van der Waals surface area contributed by atoms with Gasteiger partial charge in [-0.05, 0) is 30.3 Å². The normalized spacial score (nSPS) is 11.2. The van der Waals surface area contributed by atoms with Gasteiger partial charge in [-0.3, -0.25) is 4.72 Å². The number of nitrogens with one attached hydrogen (secondary N) is 1. The van der Waals surface area contributed by atoms with Gasteiger partial charge in [-0.1, -0.05) is 29.3 Å². The lowest BCUT2D eigenvalue weighted by Gasteiger charge is -2.08. The summed E-state index contributed by atoms with van der Waals surface area (Å²) in [6, 6.07) is 9.26. The topological polar surface area (TPSA) is 59.1 Å². The number of halogens is 2. The highest BCUT2D eigenvalue weighted by molar-refractivity contribution is 7.92. The lowest BCUT2D eigenvalue weighted by atomic mass is 10.3. The van der Waals surface area contributed by atoms with Gasteiger partial charge in [0.1, 0.15) is 10.0 Å². The van der Waals surface area contributed by atoms with Crippen molar-refractivity contribution in [2.75, 3.05) is 4.72 Å². The van der Waals surface area contributed by atoms with Crippen LogP contribution in [0.5, 0.6) is 0 Å². The van der Waals surface area contributed by atoms with E-state index >= 15 is 0 Å². The second kappa shape index (κ2) is 5.14. The zero-order valence-corrected chi connectivity index (χ0v) is 11.3. The SMILES string of the molecule is O=S(=O)(Nc1cccc(Cl)c1)c1cccnc1Cl. The zero-order chi connectivity index (χ0) is 13.2. The van der Waals surface area contributed by atoms with E-state index in [4.69, 9.17) is 23.2 Å². The fraction of sp³-hybridized carbons (Fsp3) is 0. The third-order valence-corrected chi connectivity index (χ3v) is 4.15. The highest BCUT2D eigenvalue weighted by Crippen LogP contribution is 2.22. The van der Waals surface area contributed by atoms with Crippen LogP contribution in [0.1, 0.15) is 0 Å². The maximum atomic E-state index is 12.1. The number of rotatable bonds is 3. The minimum atomic E-state index is -3.76. The maximum Gasteiger partial charge on any atom is 0.264 e. The van der Waals surface area contributed by atoms with Crippen molar-refractivity contribution < 1.29 is 8.42 Å². The molecule has 0 bridgehead atoms. The summed E-state index contributed by atoms with van der Waals surface area (Å²) in [4.78, 5) is 3.65. The Morgan fingerprint density at radius 1 is 1.11 bits per heavy atom. The number of sulfonamides is 1. The van der Waals surface area contributed by atoms with Gasteiger partial charge in [0, 0.05) is 11.2 Å². The van der Waals surface area contributed by atoms with E-state index in [0.717, 1.165) is 0 Å². The van der Waals surface area contributed by atoms with Crippen molar-refractivity contribution in [2.24, 2.45) is 0 Å². The van der Waals surface area contributed by atoms with Crippen molar-refractivity contribution in [3.05, 3.63) is 52.8 Å². The van der Waals surface area contributed by atoms with Crippen molar-refractivity contribution in [2.45, 2.75) is 4.90 Å². The van der Waals surface area contributed by atoms with Crippen LogP contribution in [-0.4, -0.2) is 13.4 Å². The molecular weight excluding hydrogens is 295 g/mol. The molecule has 7 heteroatoms. The van der Waals surface area contributed by atoms with Crippen LogP contribution in [0.3, 0.4) is 0 Å². The van der Waals surface area contributed by atoms with E-state index in [0.29, 0.717) is 10.7 Å². The van der Waals surface area contributed by atoms with E-state index in [1.165, 1.54) is 24.4 Å². The average Bonchev–Trinajstić information content (AvgIpc) is 2.28. The Kier molecular flexibility index (Phi) is 3.75. The fourth-order valence-corrected chi connectivity index (χ4v) is 3.03. The molecule has 1 N–H and O–H groups in total. The highest BCUT2D eigenvalue weighted by Gasteiger charge is 2.18. The van der Waals surface area contributed by atoms with Crippen LogP contribution in [0.25, 0.3) is 0 Å². The number of aromatic nitrogens is 1. The Hall–Kier alpha value is -1.30. The first-order valence-electron chi connectivity index (χ1n) is 4.88. The largest absolute Gasteiger partial charge is 0.279 e. The third kappa shape index (κ3) is 2.93. The van der Waals surface area contributed by atoms with Crippen molar-refractivity contribution in [3.63, 3.8) is 0 Å². The summed E-state index contributed by atoms with van der Waals surface area (Å²) in [7, 11) is -3.76. The minimum absolute atomic E-state index is 0.0768. The first-order chi connectivity index (χ1) is 8.49. The molecule has 0 fully saturated rings. The Labute approximate surface area is 115 Å². The van der Waals surface area contributed by atoms with Crippen LogP contribution in [0, 0.1) is 0 Å². The van der Waals surface area contributed by atoms with Crippen LogP contribution in [0.2, 0.25) is 10.2 Å². The molecule has 0 saturated heterocycles. The Morgan fingerprint density at radius 3 is 2.56 bits per heavy atom. The predicted molar refractivity (Wildman–Crippen MR) is 71.5 cm³/mol. The summed E-state index contributed by atoms with van der Waals surface area (Å²) < 4.78 is 26.5. The number of pyridine rings is 1. The molecule has 94 valence electrons.